The number of carbonyl (C=O) groups excluding carboxylic acids is 1. The fourth-order valence-electron chi connectivity index (χ4n) is 3.06. The molecule has 0 aromatic heterocycles. The van der Waals surface area contributed by atoms with Gasteiger partial charge in [0, 0.05) is 18.6 Å². The lowest BCUT2D eigenvalue weighted by Crippen LogP contribution is -2.44. The SMILES string of the molecule is COC(=O)C(CN)C1CC2CCC(C1)N2. The van der Waals surface area contributed by atoms with Crippen LogP contribution in [0.4, 0.5) is 0 Å². The molecular weight excluding hydrogens is 192 g/mol. The largest absolute Gasteiger partial charge is 0.469 e. The smallest absolute Gasteiger partial charge is 0.310 e. The Bertz CT molecular complexity index is 233. The molecule has 0 aliphatic carbocycles. The molecule has 2 rings (SSSR count). The highest BCUT2D eigenvalue weighted by Crippen LogP contribution is 2.35. The zero-order valence-electron chi connectivity index (χ0n) is 9.24. The minimum atomic E-state index is -0.135. The van der Waals surface area contributed by atoms with Gasteiger partial charge in [-0.3, -0.25) is 4.79 Å². The normalized spacial score (nSPS) is 36.3. The number of nitrogens with one attached hydrogen (secondary N) is 1. The van der Waals surface area contributed by atoms with E-state index in [4.69, 9.17) is 10.5 Å². The minimum Gasteiger partial charge on any atom is -0.469 e. The second-order valence-corrected chi connectivity index (χ2v) is 4.73. The van der Waals surface area contributed by atoms with E-state index < -0.39 is 0 Å². The zero-order valence-corrected chi connectivity index (χ0v) is 9.24. The van der Waals surface area contributed by atoms with Crippen LogP contribution in [0.25, 0.3) is 0 Å². The predicted octanol–water partition coefficient (Wildman–Crippen LogP) is 0.265. The first-order valence-corrected chi connectivity index (χ1v) is 5.78. The topological polar surface area (TPSA) is 64.3 Å². The van der Waals surface area contributed by atoms with Crippen LogP contribution in [0.3, 0.4) is 0 Å². The summed E-state index contributed by atoms with van der Waals surface area (Å²) in [6.45, 7) is 0.413. The minimum absolute atomic E-state index is 0.0970. The quantitative estimate of drug-likeness (QED) is 0.659. The Hall–Kier alpha value is -0.610. The van der Waals surface area contributed by atoms with Crippen molar-refractivity contribution < 1.29 is 9.53 Å². The summed E-state index contributed by atoms with van der Waals surface area (Å²) in [6.07, 6.45) is 4.65. The lowest BCUT2D eigenvalue weighted by Gasteiger charge is -2.32. The Balaban J connectivity index is 1.99. The van der Waals surface area contributed by atoms with Gasteiger partial charge in [-0.05, 0) is 31.6 Å². The van der Waals surface area contributed by atoms with Crippen molar-refractivity contribution in [3.8, 4) is 0 Å². The van der Waals surface area contributed by atoms with E-state index in [1.54, 1.807) is 0 Å². The maximum Gasteiger partial charge on any atom is 0.310 e. The summed E-state index contributed by atoms with van der Waals surface area (Å²) in [5.41, 5.74) is 5.67. The maximum absolute atomic E-state index is 11.6. The molecule has 2 heterocycles. The number of esters is 1. The lowest BCUT2D eigenvalue weighted by atomic mass is 9.81. The molecule has 0 aromatic carbocycles. The molecule has 4 heteroatoms. The molecule has 2 saturated heterocycles. The van der Waals surface area contributed by atoms with Gasteiger partial charge >= 0.3 is 5.97 Å². The fourth-order valence-corrected chi connectivity index (χ4v) is 3.06. The number of hydrogen-bond acceptors (Lipinski definition) is 4. The number of hydrogen-bond donors (Lipinski definition) is 2. The van der Waals surface area contributed by atoms with Crippen LogP contribution in [0.5, 0.6) is 0 Å². The molecule has 15 heavy (non-hydrogen) atoms. The maximum atomic E-state index is 11.6. The van der Waals surface area contributed by atoms with Crippen LogP contribution in [0.15, 0.2) is 0 Å². The van der Waals surface area contributed by atoms with E-state index in [0.717, 1.165) is 12.8 Å². The van der Waals surface area contributed by atoms with Gasteiger partial charge in [-0.2, -0.15) is 0 Å². The summed E-state index contributed by atoms with van der Waals surface area (Å²) in [5.74, 6) is 0.185. The first-order valence-electron chi connectivity index (χ1n) is 5.78. The van der Waals surface area contributed by atoms with Crippen LogP contribution in [0, 0.1) is 11.8 Å². The number of piperidine rings is 1. The third-order valence-electron chi connectivity index (χ3n) is 3.84. The Kier molecular flexibility index (Phi) is 3.26. The molecule has 4 nitrogen and oxygen atoms in total. The van der Waals surface area contributed by atoms with Gasteiger partial charge in [0.2, 0.25) is 0 Å². The van der Waals surface area contributed by atoms with E-state index >= 15 is 0 Å². The van der Waals surface area contributed by atoms with Crippen molar-refractivity contribution in [3.63, 3.8) is 0 Å². The summed E-state index contributed by atoms with van der Waals surface area (Å²) < 4.78 is 4.81. The summed E-state index contributed by atoms with van der Waals surface area (Å²) in [7, 11) is 1.45. The Labute approximate surface area is 90.5 Å². The molecule has 0 spiro atoms. The molecule has 3 atom stereocenters. The first-order chi connectivity index (χ1) is 7.24. The molecular formula is C11H20N2O2. The van der Waals surface area contributed by atoms with Gasteiger partial charge in [0.15, 0.2) is 0 Å². The number of methoxy groups -OCH3 is 1. The van der Waals surface area contributed by atoms with E-state index in [9.17, 15) is 4.79 Å². The van der Waals surface area contributed by atoms with E-state index in [-0.39, 0.29) is 11.9 Å². The van der Waals surface area contributed by atoms with Crippen molar-refractivity contribution in [1.82, 2.24) is 5.32 Å². The van der Waals surface area contributed by atoms with E-state index in [1.807, 2.05) is 0 Å². The summed E-state index contributed by atoms with van der Waals surface area (Å²) in [5, 5.41) is 3.56. The molecule has 0 amide bonds. The lowest BCUT2D eigenvalue weighted by molar-refractivity contribution is -0.147. The van der Waals surface area contributed by atoms with Crippen molar-refractivity contribution in [1.29, 1.82) is 0 Å². The fraction of sp³-hybridized carbons (Fsp3) is 0.909. The second kappa shape index (κ2) is 4.49. The predicted molar refractivity (Wildman–Crippen MR) is 57.2 cm³/mol. The van der Waals surface area contributed by atoms with Crippen LogP contribution in [0.2, 0.25) is 0 Å². The highest BCUT2D eigenvalue weighted by molar-refractivity contribution is 5.72. The molecule has 2 aliphatic heterocycles. The van der Waals surface area contributed by atoms with Gasteiger partial charge < -0.3 is 15.8 Å². The van der Waals surface area contributed by atoms with Gasteiger partial charge in [0.1, 0.15) is 0 Å². The van der Waals surface area contributed by atoms with Gasteiger partial charge in [-0.25, -0.2) is 0 Å². The molecule has 3 unspecified atom stereocenters. The van der Waals surface area contributed by atoms with E-state index in [2.05, 4.69) is 5.32 Å². The van der Waals surface area contributed by atoms with Gasteiger partial charge in [0.05, 0.1) is 13.0 Å². The Morgan fingerprint density at radius 1 is 1.47 bits per heavy atom. The molecule has 2 bridgehead atoms. The number of fused-ring (bicyclic) bond motifs is 2. The van der Waals surface area contributed by atoms with E-state index in [1.165, 1.54) is 20.0 Å². The monoisotopic (exact) mass is 212 g/mol. The van der Waals surface area contributed by atoms with Crippen molar-refractivity contribution in [2.75, 3.05) is 13.7 Å². The number of ether oxygens (including phenoxy) is 1. The molecule has 86 valence electrons. The molecule has 2 fully saturated rings. The van der Waals surface area contributed by atoms with Crippen LogP contribution < -0.4 is 11.1 Å². The summed E-state index contributed by atoms with van der Waals surface area (Å²) in [6, 6.07) is 1.21. The standard InChI is InChI=1S/C11H20N2O2/c1-15-11(14)10(6-12)7-4-8-2-3-9(5-7)13-8/h7-10,13H,2-6,12H2,1H3. The zero-order chi connectivity index (χ0) is 10.8. The number of nitrogens with two attached hydrogens (primary N) is 1. The van der Waals surface area contributed by atoms with Crippen LogP contribution >= 0.6 is 0 Å². The second-order valence-electron chi connectivity index (χ2n) is 4.73. The molecule has 0 radical (unpaired) electrons. The van der Waals surface area contributed by atoms with Crippen molar-refractivity contribution in [2.24, 2.45) is 17.6 Å². The summed E-state index contributed by atoms with van der Waals surface area (Å²) in [4.78, 5) is 11.6. The van der Waals surface area contributed by atoms with Crippen LogP contribution in [-0.2, 0) is 9.53 Å². The van der Waals surface area contributed by atoms with Gasteiger partial charge in [-0.15, -0.1) is 0 Å². The number of carbonyl (C=O) groups is 1. The Morgan fingerprint density at radius 2 is 2.07 bits per heavy atom. The third kappa shape index (κ3) is 2.16. The van der Waals surface area contributed by atoms with Crippen molar-refractivity contribution in [2.45, 2.75) is 37.8 Å². The van der Waals surface area contributed by atoms with Gasteiger partial charge in [0.25, 0.3) is 0 Å². The molecule has 3 N–H and O–H groups in total. The molecule has 2 aliphatic rings. The summed E-state index contributed by atoms with van der Waals surface area (Å²) >= 11 is 0. The van der Waals surface area contributed by atoms with Crippen molar-refractivity contribution >= 4 is 5.97 Å². The third-order valence-corrected chi connectivity index (χ3v) is 3.84. The van der Waals surface area contributed by atoms with E-state index in [0.29, 0.717) is 24.5 Å². The average molecular weight is 212 g/mol. The average Bonchev–Trinajstić information content (AvgIpc) is 2.59. The molecule has 0 saturated carbocycles. The molecule has 0 aromatic rings. The van der Waals surface area contributed by atoms with Gasteiger partial charge in [-0.1, -0.05) is 0 Å². The van der Waals surface area contributed by atoms with Crippen molar-refractivity contribution in [3.05, 3.63) is 0 Å². The Morgan fingerprint density at radius 3 is 2.53 bits per heavy atom. The van der Waals surface area contributed by atoms with Crippen LogP contribution in [0.1, 0.15) is 25.7 Å². The first kappa shape index (κ1) is 10.9. The number of rotatable bonds is 3. The highest BCUT2D eigenvalue weighted by atomic mass is 16.5. The highest BCUT2D eigenvalue weighted by Gasteiger charge is 2.39. The van der Waals surface area contributed by atoms with Crippen LogP contribution in [-0.4, -0.2) is 31.7 Å².